The lowest BCUT2D eigenvalue weighted by molar-refractivity contribution is -0.122. The number of anilines is 1. The first-order valence-corrected chi connectivity index (χ1v) is 11.4. The van der Waals surface area contributed by atoms with E-state index in [1.807, 2.05) is 54.9 Å². The molecule has 6 nitrogen and oxygen atoms in total. The van der Waals surface area contributed by atoms with E-state index in [1.54, 1.807) is 30.6 Å². The van der Waals surface area contributed by atoms with Gasteiger partial charge in [0.25, 0.3) is 5.91 Å². The summed E-state index contributed by atoms with van der Waals surface area (Å²) >= 11 is 13.8. The Hall–Kier alpha value is -2.61. The number of ether oxygens (including phenoxy) is 1. The molecule has 0 spiro atoms. The normalized spacial score (nSPS) is 15.2. The van der Waals surface area contributed by atoms with Gasteiger partial charge in [0, 0.05) is 23.7 Å². The number of carbonyl (C=O) groups is 1. The Balaban J connectivity index is 1.71. The lowest BCUT2D eigenvalue weighted by Gasteiger charge is -2.31. The number of methoxy groups -OCH3 is 1. The number of aryl methyl sites for hydroxylation is 1. The van der Waals surface area contributed by atoms with Gasteiger partial charge in [0.2, 0.25) is 0 Å². The molecule has 2 heterocycles. The van der Waals surface area contributed by atoms with Gasteiger partial charge >= 0.3 is 0 Å². The summed E-state index contributed by atoms with van der Waals surface area (Å²) in [6.45, 7) is 3.82. The van der Waals surface area contributed by atoms with Crippen LogP contribution in [-0.2, 0) is 4.79 Å². The molecule has 0 aliphatic carbocycles. The molecule has 32 heavy (non-hydrogen) atoms. The summed E-state index contributed by atoms with van der Waals surface area (Å²) in [7, 11) is 3.38. The molecule has 1 aliphatic heterocycles. The fraction of sp³-hybridized carbons (Fsp3) is 0.217. The predicted molar refractivity (Wildman–Crippen MR) is 130 cm³/mol. The van der Waals surface area contributed by atoms with Crippen molar-refractivity contribution >= 4 is 46.9 Å². The number of hydrogen-bond donors (Lipinski definition) is 1. The highest BCUT2D eigenvalue weighted by atomic mass is 35.5. The summed E-state index contributed by atoms with van der Waals surface area (Å²) in [4.78, 5) is 14.6. The van der Waals surface area contributed by atoms with Crippen molar-refractivity contribution in [3.63, 3.8) is 0 Å². The number of carbonyl (C=O) groups excluding carboxylic acids is 1. The number of rotatable bonds is 5. The first-order valence-electron chi connectivity index (χ1n) is 9.87. The van der Waals surface area contributed by atoms with Gasteiger partial charge < -0.3 is 10.1 Å². The third-order valence-corrected chi connectivity index (χ3v) is 6.83. The van der Waals surface area contributed by atoms with E-state index in [-0.39, 0.29) is 5.91 Å². The largest absolute Gasteiger partial charge is 0.497 e. The second kappa shape index (κ2) is 9.10. The van der Waals surface area contributed by atoms with Crippen LogP contribution in [0.3, 0.4) is 0 Å². The fourth-order valence-corrected chi connectivity index (χ4v) is 4.73. The van der Waals surface area contributed by atoms with E-state index in [0.717, 1.165) is 33.4 Å². The number of likely N-dealkylation sites (N-methyl/N-ethyl adjacent to an activating group) is 1. The minimum absolute atomic E-state index is 0.134. The van der Waals surface area contributed by atoms with Crippen LogP contribution in [0.15, 0.2) is 64.7 Å². The van der Waals surface area contributed by atoms with Crippen molar-refractivity contribution in [3.8, 4) is 5.75 Å². The Morgan fingerprint density at radius 3 is 2.50 bits per heavy atom. The molecule has 1 unspecified atom stereocenters. The summed E-state index contributed by atoms with van der Waals surface area (Å²) in [6.07, 6.45) is 0. The van der Waals surface area contributed by atoms with Crippen LogP contribution in [0, 0.1) is 6.92 Å². The third-order valence-electron chi connectivity index (χ3n) is 5.17. The van der Waals surface area contributed by atoms with E-state index >= 15 is 0 Å². The highest BCUT2D eigenvalue weighted by Gasteiger charge is 2.35. The van der Waals surface area contributed by atoms with Crippen LogP contribution in [0.1, 0.15) is 24.2 Å². The van der Waals surface area contributed by atoms with Gasteiger partial charge in [0.05, 0.1) is 28.4 Å². The van der Waals surface area contributed by atoms with Gasteiger partial charge in [-0.3, -0.25) is 9.10 Å². The van der Waals surface area contributed by atoms with Gasteiger partial charge in [-0.05, 0) is 67.8 Å². The minimum Gasteiger partial charge on any atom is -0.497 e. The summed E-state index contributed by atoms with van der Waals surface area (Å²) in [5.74, 6) is 1.45. The highest BCUT2D eigenvalue weighted by Crippen LogP contribution is 2.39. The molecule has 166 valence electrons. The van der Waals surface area contributed by atoms with Gasteiger partial charge in [-0.1, -0.05) is 29.3 Å². The van der Waals surface area contributed by atoms with Crippen LogP contribution < -0.4 is 10.1 Å². The lowest BCUT2D eigenvalue weighted by Crippen LogP contribution is -2.33. The molecule has 1 amide bonds. The van der Waals surface area contributed by atoms with Crippen LogP contribution in [0.25, 0.3) is 0 Å². The number of halogens is 2. The van der Waals surface area contributed by atoms with Gasteiger partial charge in [-0.2, -0.15) is 5.10 Å². The van der Waals surface area contributed by atoms with E-state index < -0.39 is 6.04 Å². The molecule has 0 saturated heterocycles. The Morgan fingerprint density at radius 2 is 1.84 bits per heavy atom. The van der Waals surface area contributed by atoms with Crippen LogP contribution in [-0.4, -0.2) is 34.2 Å². The van der Waals surface area contributed by atoms with E-state index in [4.69, 9.17) is 27.9 Å². The molecule has 1 aromatic heterocycles. The molecular formula is C23H22Cl2N4O2S. The summed E-state index contributed by atoms with van der Waals surface area (Å²) in [6, 6.07) is 14.5. The molecular weight excluding hydrogens is 467 g/mol. The average Bonchev–Trinajstić information content (AvgIpc) is 3.14. The monoisotopic (exact) mass is 488 g/mol. The summed E-state index contributed by atoms with van der Waals surface area (Å²) < 4.78 is 8.65. The molecule has 1 aliphatic rings. The fourth-order valence-electron chi connectivity index (χ4n) is 3.67. The maximum absolute atomic E-state index is 13.7. The summed E-state index contributed by atoms with van der Waals surface area (Å²) in [5.41, 5.74) is 3.03. The number of benzene rings is 2. The van der Waals surface area contributed by atoms with Crippen LogP contribution >= 0.6 is 35.1 Å². The number of fused-ring (bicyclic) bond motifs is 1. The van der Waals surface area contributed by atoms with Crippen LogP contribution in [0.4, 0.5) is 5.82 Å². The molecule has 0 fully saturated rings. The second-order valence-corrected chi connectivity index (χ2v) is 9.44. The molecule has 0 saturated carbocycles. The van der Waals surface area contributed by atoms with E-state index in [1.165, 1.54) is 11.9 Å². The molecule has 3 aromatic rings. The zero-order valence-corrected chi connectivity index (χ0v) is 20.3. The van der Waals surface area contributed by atoms with Gasteiger partial charge in [0.15, 0.2) is 0 Å². The number of allylic oxidation sites excluding steroid dienone is 1. The number of aromatic nitrogens is 2. The van der Waals surface area contributed by atoms with Crippen molar-refractivity contribution < 1.29 is 9.53 Å². The maximum atomic E-state index is 13.7. The predicted octanol–water partition coefficient (Wildman–Crippen LogP) is 5.96. The molecule has 9 heteroatoms. The van der Waals surface area contributed by atoms with Crippen molar-refractivity contribution in [1.29, 1.82) is 0 Å². The standard InChI is InChI=1S/C23H22Cl2N4O2S/c1-13-11-20-26-14(2)21(22(29(20)27-13)15-5-10-18(24)19(25)12-15)23(30)28(3)32-17-8-6-16(31-4)7-9-17/h5-12,22,26H,1-4H3. The van der Waals surface area contributed by atoms with Crippen molar-refractivity contribution in [2.45, 2.75) is 24.8 Å². The Bertz CT molecular complexity index is 1210. The SMILES string of the molecule is COc1ccc(SN(C)C(=O)C2=C(C)Nc3cc(C)nn3C2c2ccc(Cl)c(Cl)c2)cc1. The van der Waals surface area contributed by atoms with Gasteiger partial charge in [0.1, 0.15) is 17.6 Å². The Labute approximate surface area is 201 Å². The average molecular weight is 489 g/mol. The zero-order valence-electron chi connectivity index (χ0n) is 18.0. The van der Waals surface area contributed by atoms with Crippen molar-refractivity contribution in [2.24, 2.45) is 0 Å². The van der Waals surface area contributed by atoms with E-state index in [2.05, 4.69) is 10.4 Å². The lowest BCUT2D eigenvalue weighted by atomic mass is 9.95. The number of nitrogens with zero attached hydrogens (tertiary/aromatic N) is 3. The molecule has 1 atom stereocenters. The van der Waals surface area contributed by atoms with Crippen molar-refractivity contribution in [1.82, 2.24) is 14.1 Å². The first kappa shape index (κ1) is 22.6. The van der Waals surface area contributed by atoms with Crippen LogP contribution in [0.2, 0.25) is 10.0 Å². The maximum Gasteiger partial charge on any atom is 0.263 e. The zero-order chi connectivity index (χ0) is 23.0. The Morgan fingerprint density at radius 1 is 1.12 bits per heavy atom. The van der Waals surface area contributed by atoms with Crippen molar-refractivity contribution in [2.75, 3.05) is 19.5 Å². The Kier molecular flexibility index (Phi) is 6.42. The second-order valence-electron chi connectivity index (χ2n) is 7.42. The van der Waals surface area contributed by atoms with Crippen molar-refractivity contribution in [3.05, 3.63) is 81.1 Å². The summed E-state index contributed by atoms with van der Waals surface area (Å²) in [5, 5.41) is 8.85. The number of nitrogens with one attached hydrogen (secondary N) is 1. The van der Waals surface area contributed by atoms with Crippen LogP contribution in [0.5, 0.6) is 5.75 Å². The minimum atomic E-state index is -0.443. The molecule has 4 rings (SSSR count). The molecule has 1 N–H and O–H groups in total. The van der Waals surface area contributed by atoms with Gasteiger partial charge in [-0.25, -0.2) is 4.68 Å². The third kappa shape index (κ3) is 4.33. The topological polar surface area (TPSA) is 59.4 Å². The quantitative estimate of drug-likeness (QED) is 0.448. The first-order chi connectivity index (χ1) is 15.3. The molecule has 2 aromatic carbocycles. The van der Waals surface area contributed by atoms with Gasteiger partial charge in [-0.15, -0.1) is 0 Å². The number of amides is 1. The molecule has 0 bridgehead atoms. The highest BCUT2D eigenvalue weighted by molar-refractivity contribution is 7.97. The smallest absolute Gasteiger partial charge is 0.263 e. The number of hydrogen-bond acceptors (Lipinski definition) is 5. The van der Waals surface area contributed by atoms with E-state index in [0.29, 0.717) is 15.6 Å². The molecule has 0 radical (unpaired) electrons. The van der Waals surface area contributed by atoms with E-state index in [9.17, 15) is 4.79 Å².